The Morgan fingerprint density at radius 2 is 1.46 bits per heavy atom. The van der Waals surface area contributed by atoms with Gasteiger partial charge in [0.2, 0.25) is 10.0 Å². The molecular formula is C18H24N4O3S. The van der Waals surface area contributed by atoms with E-state index < -0.39 is 10.0 Å². The summed E-state index contributed by atoms with van der Waals surface area (Å²) in [5.41, 5.74) is 2.06. The zero-order valence-corrected chi connectivity index (χ0v) is 15.9. The summed E-state index contributed by atoms with van der Waals surface area (Å²) in [6.45, 7) is 1.16. The molecule has 0 radical (unpaired) electrons. The van der Waals surface area contributed by atoms with Gasteiger partial charge in [0, 0.05) is 20.1 Å². The Morgan fingerprint density at radius 3 is 1.88 bits per heavy atom. The van der Waals surface area contributed by atoms with Crippen LogP contribution < -0.4 is 20.1 Å². The normalized spacial score (nSPS) is 11.9. The predicted octanol–water partition coefficient (Wildman–Crippen LogP) is 1.47. The SMILES string of the molecule is CN=C(NCc1ccc(OC)cc1)NCc1ccc(S(=O)(=O)NC)cc1. The van der Waals surface area contributed by atoms with Gasteiger partial charge in [-0.2, -0.15) is 0 Å². The number of methoxy groups -OCH3 is 1. The summed E-state index contributed by atoms with van der Waals surface area (Å²) in [6.07, 6.45) is 0. The molecule has 0 unspecified atom stereocenters. The van der Waals surface area contributed by atoms with Crippen molar-refractivity contribution in [3.05, 3.63) is 59.7 Å². The van der Waals surface area contributed by atoms with Crippen LogP contribution in [0.15, 0.2) is 58.4 Å². The fraction of sp³-hybridized carbons (Fsp3) is 0.278. The highest BCUT2D eigenvalue weighted by Gasteiger charge is 2.10. The molecule has 2 rings (SSSR count). The molecule has 0 spiro atoms. The Kier molecular flexibility index (Phi) is 6.99. The van der Waals surface area contributed by atoms with Crippen LogP contribution >= 0.6 is 0 Å². The molecule has 140 valence electrons. The molecule has 7 nitrogen and oxygen atoms in total. The van der Waals surface area contributed by atoms with Crippen molar-refractivity contribution in [3.63, 3.8) is 0 Å². The van der Waals surface area contributed by atoms with Gasteiger partial charge in [0.1, 0.15) is 5.75 Å². The molecular weight excluding hydrogens is 352 g/mol. The lowest BCUT2D eigenvalue weighted by atomic mass is 10.2. The number of nitrogens with zero attached hydrogens (tertiary/aromatic N) is 1. The van der Waals surface area contributed by atoms with Crippen LogP contribution in [-0.4, -0.2) is 35.6 Å². The molecule has 0 aliphatic carbocycles. The van der Waals surface area contributed by atoms with Crippen LogP contribution in [0.25, 0.3) is 0 Å². The fourth-order valence-electron chi connectivity index (χ4n) is 2.24. The van der Waals surface area contributed by atoms with Gasteiger partial charge < -0.3 is 15.4 Å². The first-order chi connectivity index (χ1) is 12.5. The van der Waals surface area contributed by atoms with Crippen molar-refractivity contribution < 1.29 is 13.2 Å². The van der Waals surface area contributed by atoms with Crippen molar-refractivity contribution >= 4 is 16.0 Å². The average molecular weight is 376 g/mol. The third-order valence-electron chi connectivity index (χ3n) is 3.80. The molecule has 0 saturated heterocycles. The summed E-state index contributed by atoms with van der Waals surface area (Å²) in [5.74, 6) is 1.48. The molecule has 0 saturated carbocycles. The number of guanidine groups is 1. The molecule has 0 aliphatic rings. The van der Waals surface area contributed by atoms with E-state index in [1.807, 2.05) is 24.3 Å². The quantitative estimate of drug-likeness (QED) is 0.503. The molecule has 0 atom stereocenters. The Hall–Kier alpha value is -2.58. The van der Waals surface area contributed by atoms with Gasteiger partial charge in [-0.15, -0.1) is 0 Å². The Morgan fingerprint density at radius 1 is 0.962 bits per heavy atom. The highest BCUT2D eigenvalue weighted by molar-refractivity contribution is 7.89. The smallest absolute Gasteiger partial charge is 0.240 e. The lowest BCUT2D eigenvalue weighted by Crippen LogP contribution is -2.36. The minimum absolute atomic E-state index is 0.241. The van der Waals surface area contributed by atoms with Crippen molar-refractivity contribution in [2.24, 2.45) is 4.99 Å². The van der Waals surface area contributed by atoms with E-state index in [2.05, 4.69) is 20.3 Å². The van der Waals surface area contributed by atoms with Crippen LogP contribution in [0, 0.1) is 0 Å². The average Bonchev–Trinajstić information content (AvgIpc) is 2.69. The van der Waals surface area contributed by atoms with Gasteiger partial charge >= 0.3 is 0 Å². The Labute approximate surface area is 154 Å². The lowest BCUT2D eigenvalue weighted by Gasteiger charge is -2.12. The van der Waals surface area contributed by atoms with Crippen LogP contribution in [0.2, 0.25) is 0 Å². The van der Waals surface area contributed by atoms with Crippen LogP contribution in [0.4, 0.5) is 0 Å². The maximum Gasteiger partial charge on any atom is 0.240 e. The van der Waals surface area contributed by atoms with Crippen LogP contribution in [0.3, 0.4) is 0 Å². The maximum absolute atomic E-state index is 11.7. The number of nitrogens with one attached hydrogen (secondary N) is 3. The van der Waals surface area contributed by atoms with Crippen LogP contribution in [0.5, 0.6) is 5.75 Å². The van der Waals surface area contributed by atoms with E-state index in [0.29, 0.717) is 19.0 Å². The van der Waals surface area contributed by atoms with Crippen molar-refractivity contribution in [3.8, 4) is 5.75 Å². The van der Waals surface area contributed by atoms with E-state index in [9.17, 15) is 8.42 Å². The zero-order valence-electron chi connectivity index (χ0n) is 15.1. The highest BCUT2D eigenvalue weighted by atomic mass is 32.2. The third-order valence-corrected chi connectivity index (χ3v) is 5.24. The Balaban J connectivity index is 1.88. The van der Waals surface area contributed by atoms with Crippen molar-refractivity contribution in [1.29, 1.82) is 0 Å². The van der Waals surface area contributed by atoms with Gasteiger partial charge in [0.15, 0.2) is 5.96 Å². The van der Waals surface area contributed by atoms with Crippen molar-refractivity contribution in [2.75, 3.05) is 21.2 Å². The van der Waals surface area contributed by atoms with Gasteiger partial charge in [0.05, 0.1) is 12.0 Å². The van der Waals surface area contributed by atoms with E-state index in [1.165, 1.54) is 7.05 Å². The van der Waals surface area contributed by atoms with E-state index in [-0.39, 0.29) is 4.90 Å². The number of rotatable bonds is 7. The lowest BCUT2D eigenvalue weighted by molar-refractivity contribution is 0.414. The van der Waals surface area contributed by atoms with Crippen LogP contribution in [-0.2, 0) is 23.1 Å². The minimum atomic E-state index is -3.41. The number of aliphatic imine (C=N–C) groups is 1. The second-order valence-corrected chi connectivity index (χ2v) is 7.37. The standard InChI is InChI=1S/C18H24N4O3S/c1-19-18(21-12-14-4-8-16(25-3)9-5-14)22-13-15-6-10-17(11-7-15)26(23,24)20-2/h4-11,20H,12-13H2,1-3H3,(H2,19,21,22). The van der Waals surface area contributed by atoms with E-state index in [1.54, 1.807) is 38.4 Å². The fourth-order valence-corrected chi connectivity index (χ4v) is 2.97. The molecule has 0 heterocycles. The summed E-state index contributed by atoms with van der Waals surface area (Å²) >= 11 is 0. The summed E-state index contributed by atoms with van der Waals surface area (Å²) in [7, 11) is 1.32. The molecule has 2 aromatic carbocycles. The molecule has 8 heteroatoms. The first-order valence-corrected chi connectivity index (χ1v) is 9.56. The molecule has 0 amide bonds. The second-order valence-electron chi connectivity index (χ2n) is 5.48. The first-order valence-electron chi connectivity index (χ1n) is 8.08. The minimum Gasteiger partial charge on any atom is -0.497 e. The van der Waals surface area contributed by atoms with E-state index in [4.69, 9.17) is 4.74 Å². The molecule has 26 heavy (non-hydrogen) atoms. The molecule has 0 aliphatic heterocycles. The molecule has 2 aromatic rings. The third kappa shape index (κ3) is 5.47. The maximum atomic E-state index is 11.7. The summed E-state index contributed by atoms with van der Waals surface area (Å²) in [6, 6.07) is 14.5. The zero-order chi connectivity index (χ0) is 19.0. The van der Waals surface area contributed by atoms with Gasteiger partial charge in [0.25, 0.3) is 0 Å². The molecule has 0 aromatic heterocycles. The number of hydrogen-bond donors (Lipinski definition) is 3. The number of hydrogen-bond acceptors (Lipinski definition) is 4. The van der Waals surface area contributed by atoms with Gasteiger partial charge in [-0.3, -0.25) is 4.99 Å². The highest BCUT2D eigenvalue weighted by Crippen LogP contribution is 2.11. The molecule has 3 N–H and O–H groups in total. The van der Waals surface area contributed by atoms with Crippen molar-refractivity contribution in [1.82, 2.24) is 15.4 Å². The predicted molar refractivity (Wildman–Crippen MR) is 103 cm³/mol. The van der Waals surface area contributed by atoms with E-state index in [0.717, 1.165) is 16.9 Å². The number of benzene rings is 2. The molecule has 0 fully saturated rings. The van der Waals surface area contributed by atoms with Gasteiger partial charge in [-0.1, -0.05) is 24.3 Å². The molecule has 0 bridgehead atoms. The van der Waals surface area contributed by atoms with E-state index >= 15 is 0 Å². The first kappa shape index (κ1) is 19.7. The monoisotopic (exact) mass is 376 g/mol. The van der Waals surface area contributed by atoms with Crippen molar-refractivity contribution in [2.45, 2.75) is 18.0 Å². The summed E-state index contributed by atoms with van der Waals surface area (Å²) in [4.78, 5) is 4.43. The second kappa shape index (κ2) is 9.21. The summed E-state index contributed by atoms with van der Waals surface area (Å²) in [5, 5.41) is 6.43. The summed E-state index contributed by atoms with van der Waals surface area (Å²) < 4.78 is 30.9. The van der Waals surface area contributed by atoms with Gasteiger partial charge in [-0.05, 0) is 42.4 Å². The number of ether oxygens (including phenoxy) is 1. The topological polar surface area (TPSA) is 91.8 Å². The van der Waals surface area contributed by atoms with Gasteiger partial charge in [-0.25, -0.2) is 13.1 Å². The van der Waals surface area contributed by atoms with Crippen LogP contribution in [0.1, 0.15) is 11.1 Å². The Bertz CT molecular complexity index is 832. The number of sulfonamides is 1. The largest absolute Gasteiger partial charge is 0.497 e.